The first-order valence-corrected chi connectivity index (χ1v) is 10.9. The van der Waals surface area contributed by atoms with Crippen molar-refractivity contribution in [2.45, 2.75) is 38.3 Å². The predicted octanol–water partition coefficient (Wildman–Crippen LogP) is 0.690. The molecule has 0 saturated heterocycles. The summed E-state index contributed by atoms with van der Waals surface area (Å²) >= 11 is 0. The maximum Gasteiger partial charge on any atom is 0.346 e. The molecule has 29 heavy (non-hydrogen) atoms. The Morgan fingerprint density at radius 2 is 1.76 bits per heavy atom. The Kier molecular flexibility index (Phi) is 4.91. The van der Waals surface area contributed by atoms with Gasteiger partial charge in [-0.25, -0.2) is 17.9 Å². The fourth-order valence-electron chi connectivity index (χ4n) is 3.80. The maximum absolute atomic E-state index is 13.2. The van der Waals surface area contributed by atoms with Gasteiger partial charge in [0.2, 0.25) is 10.0 Å². The highest BCUT2D eigenvalue weighted by atomic mass is 32.2. The van der Waals surface area contributed by atoms with Crippen molar-refractivity contribution in [1.82, 2.24) is 28.4 Å². The zero-order valence-corrected chi connectivity index (χ0v) is 17.6. The molecule has 9 nitrogen and oxygen atoms in total. The van der Waals surface area contributed by atoms with Gasteiger partial charge in [-0.05, 0) is 19.4 Å². The summed E-state index contributed by atoms with van der Waals surface area (Å²) in [5.74, 6) is 0.614. The lowest BCUT2D eigenvalue weighted by Crippen LogP contribution is -2.35. The Morgan fingerprint density at radius 1 is 1.03 bits per heavy atom. The van der Waals surface area contributed by atoms with Crippen LogP contribution < -0.4 is 5.69 Å². The monoisotopic (exact) mass is 416 g/mol. The minimum Gasteiger partial charge on any atom is -0.278 e. The van der Waals surface area contributed by atoms with Crippen LogP contribution in [0.1, 0.15) is 22.8 Å². The molecule has 0 radical (unpaired) electrons. The Hall–Kier alpha value is -2.72. The zero-order valence-electron chi connectivity index (χ0n) is 16.7. The standard InChI is InChI=1S/C19H24N6O3S/c1-14-18(15(2)22(3)20-14)29(27,28)23-10-9-17-21-25(19(26)24(17)12-11-23)13-16-7-5-4-6-8-16/h4-8H,9-13H2,1-3H3. The normalized spacial score (nSPS) is 15.3. The van der Waals surface area contributed by atoms with E-state index < -0.39 is 10.0 Å². The van der Waals surface area contributed by atoms with E-state index in [1.807, 2.05) is 30.3 Å². The lowest BCUT2D eigenvalue weighted by Gasteiger charge is -2.19. The molecule has 154 valence electrons. The van der Waals surface area contributed by atoms with Crippen LogP contribution in [0.5, 0.6) is 0 Å². The number of aromatic nitrogens is 5. The van der Waals surface area contributed by atoms with Gasteiger partial charge in [0.25, 0.3) is 0 Å². The second-order valence-electron chi connectivity index (χ2n) is 7.27. The zero-order chi connectivity index (χ0) is 20.8. The molecular weight excluding hydrogens is 392 g/mol. The van der Waals surface area contributed by atoms with Crippen LogP contribution in [0.3, 0.4) is 0 Å². The molecule has 3 heterocycles. The van der Waals surface area contributed by atoms with Gasteiger partial charge in [0.05, 0.1) is 17.9 Å². The highest BCUT2D eigenvalue weighted by Crippen LogP contribution is 2.24. The van der Waals surface area contributed by atoms with E-state index >= 15 is 0 Å². The summed E-state index contributed by atoms with van der Waals surface area (Å²) < 4.78 is 32.5. The molecule has 10 heteroatoms. The minimum atomic E-state index is -3.69. The van der Waals surface area contributed by atoms with Crippen molar-refractivity contribution < 1.29 is 8.42 Å². The first-order valence-electron chi connectivity index (χ1n) is 9.50. The summed E-state index contributed by atoms with van der Waals surface area (Å²) in [7, 11) is -1.96. The lowest BCUT2D eigenvalue weighted by molar-refractivity contribution is 0.409. The van der Waals surface area contributed by atoms with Crippen molar-refractivity contribution in [3.63, 3.8) is 0 Å². The van der Waals surface area contributed by atoms with Crippen LogP contribution >= 0.6 is 0 Å². The van der Waals surface area contributed by atoms with Crippen LogP contribution in [0, 0.1) is 13.8 Å². The van der Waals surface area contributed by atoms with Gasteiger partial charge in [0, 0.05) is 33.1 Å². The maximum atomic E-state index is 13.2. The molecule has 4 rings (SSSR count). The average Bonchev–Trinajstić information content (AvgIpc) is 3.01. The molecule has 0 fully saturated rings. The van der Waals surface area contributed by atoms with Crippen molar-refractivity contribution in [1.29, 1.82) is 0 Å². The Morgan fingerprint density at radius 3 is 2.41 bits per heavy atom. The predicted molar refractivity (Wildman–Crippen MR) is 107 cm³/mol. The number of fused-ring (bicyclic) bond motifs is 1. The van der Waals surface area contributed by atoms with Gasteiger partial charge in [0.15, 0.2) is 0 Å². The van der Waals surface area contributed by atoms with Crippen LogP contribution in [0.15, 0.2) is 40.0 Å². The molecule has 0 atom stereocenters. The van der Waals surface area contributed by atoms with Gasteiger partial charge in [-0.15, -0.1) is 0 Å². The third-order valence-electron chi connectivity index (χ3n) is 5.37. The fraction of sp³-hybridized carbons (Fsp3) is 0.421. The molecule has 3 aromatic rings. The van der Waals surface area contributed by atoms with Gasteiger partial charge in [-0.1, -0.05) is 30.3 Å². The first-order chi connectivity index (χ1) is 13.8. The average molecular weight is 417 g/mol. The Bertz CT molecular complexity index is 1210. The second kappa shape index (κ2) is 7.27. The van der Waals surface area contributed by atoms with Gasteiger partial charge in [-0.3, -0.25) is 9.25 Å². The molecule has 0 spiro atoms. The molecular formula is C19H24N6O3S. The SMILES string of the molecule is Cc1nn(C)c(C)c1S(=O)(=O)N1CCc2nn(Cc3ccccc3)c(=O)n2CC1. The number of nitrogens with zero attached hydrogens (tertiary/aromatic N) is 6. The van der Waals surface area contributed by atoms with E-state index in [2.05, 4.69) is 10.2 Å². The summed E-state index contributed by atoms with van der Waals surface area (Å²) in [4.78, 5) is 13.0. The smallest absolute Gasteiger partial charge is 0.278 e. The second-order valence-corrected chi connectivity index (χ2v) is 9.15. The van der Waals surface area contributed by atoms with Crippen molar-refractivity contribution in [3.05, 3.63) is 63.6 Å². The van der Waals surface area contributed by atoms with E-state index in [9.17, 15) is 13.2 Å². The number of hydrogen-bond donors (Lipinski definition) is 0. The summed E-state index contributed by atoms with van der Waals surface area (Å²) in [5, 5.41) is 8.69. The first kappa shape index (κ1) is 19.6. The topological polar surface area (TPSA) is 95.0 Å². The van der Waals surface area contributed by atoms with Gasteiger partial charge in [0.1, 0.15) is 10.7 Å². The van der Waals surface area contributed by atoms with Gasteiger partial charge >= 0.3 is 5.69 Å². The number of aryl methyl sites for hydroxylation is 2. The third-order valence-corrected chi connectivity index (χ3v) is 7.52. The molecule has 0 N–H and O–H groups in total. The summed E-state index contributed by atoms with van der Waals surface area (Å²) in [6, 6.07) is 9.67. The van der Waals surface area contributed by atoms with Crippen LogP contribution in [-0.4, -0.2) is 49.9 Å². The number of rotatable bonds is 4. The van der Waals surface area contributed by atoms with Crippen LogP contribution in [0.2, 0.25) is 0 Å². The van der Waals surface area contributed by atoms with E-state index in [1.54, 1.807) is 30.1 Å². The van der Waals surface area contributed by atoms with E-state index in [-0.39, 0.29) is 30.2 Å². The molecule has 0 saturated carbocycles. The molecule has 0 bridgehead atoms. The van der Waals surface area contributed by atoms with Crippen molar-refractivity contribution >= 4 is 10.0 Å². The van der Waals surface area contributed by atoms with E-state index in [4.69, 9.17) is 0 Å². The highest BCUT2D eigenvalue weighted by molar-refractivity contribution is 7.89. The summed E-state index contributed by atoms with van der Waals surface area (Å²) in [5.41, 5.74) is 1.87. The van der Waals surface area contributed by atoms with Gasteiger partial charge < -0.3 is 0 Å². The molecule has 0 amide bonds. The molecule has 1 aromatic carbocycles. The Labute approximate surface area is 169 Å². The van der Waals surface area contributed by atoms with Crippen molar-refractivity contribution in [2.75, 3.05) is 13.1 Å². The lowest BCUT2D eigenvalue weighted by atomic mass is 10.2. The third kappa shape index (κ3) is 3.42. The van der Waals surface area contributed by atoms with Crippen LogP contribution in [0.4, 0.5) is 0 Å². The van der Waals surface area contributed by atoms with E-state index in [1.165, 1.54) is 8.99 Å². The fourth-order valence-corrected chi connectivity index (χ4v) is 5.63. The summed E-state index contributed by atoms with van der Waals surface area (Å²) in [6.07, 6.45) is 0.384. The number of benzene rings is 1. The van der Waals surface area contributed by atoms with Crippen LogP contribution in [-0.2, 0) is 36.6 Å². The molecule has 1 aliphatic rings. The molecule has 0 aliphatic carbocycles. The van der Waals surface area contributed by atoms with Crippen molar-refractivity contribution in [3.8, 4) is 0 Å². The number of hydrogen-bond acceptors (Lipinski definition) is 5. The Balaban J connectivity index is 1.59. The highest BCUT2D eigenvalue weighted by Gasteiger charge is 2.32. The largest absolute Gasteiger partial charge is 0.346 e. The molecule has 1 aliphatic heterocycles. The van der Waals surface area contributed by atoms with Crippen molar-refractivity contribution in [2.24, 2.45) is 7.05 Å². The van der Waals surface area contributed by atoms with Crippen LogP contribution in [0.25, 0.3) is 0 Å². The molecule has 2 aromatic heterocycles. The summed E-state index contributed by atoms with van der Waals surface area (Å²) in [6.45, 7) is 4.62. The van der Waals surface area contributed by atoms with E-state index in [0.29, 0.717) is 30.2 Å². The quantitative estimate of drug-likeness (QED) is 0.624. The molecule has 0 unspecified atom stereocenters. The minimum absolute atomic E-state index is 0.211. The number of sulfonamides is 1. The van der Waals surface area contributed by atoms with Gasteiger partial charge in [-0.2, -0.15) is 14.5 Å². The van der Waals surface area contributed by atoms with E-state index in [0.717, 1.165) is 5.56 Å².